The van der Waals surface area contributed by atoms with Crippen LogP contribution in [-0.4, -0.2) is 30.7 Å². The third kappa shape index (κ3) is 2.13. The Morgan fingerprint density at radius 1 is 1.61 bits per heavy atom. The highest BCUT2D eigenvalue weighted by molar-refractivity contribution is 5.89. The Kier molecular flexibility index (Phi) is 3.05. The van der Waals surface area contributed by atoms with Crippen molar-refractivity contribution in [2.75, 3.05) is 19.8 Å². The molecule has 1 amide bonds. The highest BCUT2D eigenvalue weighted by Gasteiger charge is 2.54. The first-order valence-electron chi connectivity index (χ1n) is 6.20. The number of carbonyl (C=O) groups is 1. The van der Waals surface area contributed by atoms with E-state index in [0.717, 1.165) is 25.9 Å². The molecule has 6 heteroatoms. The quantitative estimate of drug-likeness (QED) is 0.784. The summed E-state index contributed by atoms with van der Waals surface area (Å²) in [7, 11) is 0. The zero-order chi connectivity index (χ0) is 12.4. The molecule has 1 atom stereocenters. The van der Waals surface area contributed by atoms with Crippen LogP contribution in [0.25, 0.3) is 0 Å². The Morgan fingerprint density at radius 3 is 3.11 bits per heavy atom. The van der Waals surface area contributed by atoms with Gasteiger partial charge in [0.05, 0.1) is 19.4 Å². The second kappa shape index (κ2) is 4.70. The normalized spacial score (nSPS) is 25.0. The Balaban J connectivity index is 1.49. The second-order valence-electron chi connectivity index (χ2n) is 4.92. The van der Waals surface area contributed by atoms with E-state index in [-0.39, 0.29) is 5.91 Å². The minimum absolute atomic E-state index is 0.141. The fourth-order valence-electron chi connectivity index (χ4n) is 2.20. The van der Waals surface area contributed by atoms with E-state index in [4.69, 9.17) is 14.0 Å². The van der Waals surface area contributed by atoms with Crippen molar-refractivity contribution in [2.24, 2.45) is 5.92 Å². The minimum atomic E-state index is -0.553. The summed E-state index contributed by atoms with van der Waals surface area (Å²) < 4.78 is 10.5. The zero-order valence-electron chi connectivity index (χ0n) is 10.1. The van der Waals surface area contributed by atoms with Crippen LogP contribution in [0, 0.1) is 5.92 Å². The van der Waals surface area contributed by atoms with Gasteiger partial charge in [0.2, 0.25) is 0 Å². The molecule has 6 nitrogen and oxygen atoms in total. The molecule has 1 unspecified atom stereocenters. The first-order chi connectivity index (χ1) is 8.81. The van der Waals surface area contributed by atoms with Crippen LogP contribution in [0.2, 0.25) is 0 Å². The van der Waals surface area contributed by atoms with Crippen LogP contribution in [0.1, 0.15) is 25.0 Å². The van der Waals surface area contributed by atoms with Crippen molar-refractivity contribution in [1.29, 1.82) is 0 Å². The van der Waals surface area contributed by atoms with Crippen LogP contribution in [-0.2, 0) is 19.8 Å². The number of carbonyl (C=O) groups excluding carboxylic acids is 1. The summed E-state index contributed by atoms with van der Waals surface area (Å²) in [6, 6.07) is 0. The van der Waals surface area contributed by atoms with Crippen molar-refractivity contribution in [3.05, 3.63) is 18.4 Å². The number of aromatic nitrogens is 1. The van der Waals surface area contributed by atoms with E-state index >= 15 is 0 Å². The summed E-state index contributed by atoms with van der Waals surface area (Å²) in [6.45, 7) is 1.99. The van der Waals surface area contributed by atoms with Crippen molar-refractivity contribution < 1.29 is 18.8 Å². The molecular weight excluding hydrogens is 236 g/mol. The molecule has 1 aliphatic heterocycles. The molecule has 2 heterocycles. The zero-order valence-corrected chi connectivity index (χ0v) is 10.1. The molecular formula is C12H16N2O4. The van der Waals surface area contributed by atoms with Crippen molar-refractivity contribution >= 4 is 5.91 Å². The largest absolute Gasteiger partial charge is 0.447 e. The lowest BCUT2D eigenvalue weighted by atomic mass is 10.0. The summed E-state index contributed by atoms with van der Waals surface area (Å²) in [5, 5.41) is 0. The molecule has 1 aromatic rings. The lowest BCUT2D eigenvalue weighted by Gasteiger charge is -2.13. The van der Waals surface area contributed by atoms with Gasteiger partial charge >= 0.3 is 0 Å². The monoisotopic (exact) mass is 252 g/mol. The molecule has 1 saturated carbocycles. The molecule has 1 saturated heterocycles. The van der Waals surface area contributed by atoms with Crippen LogP contribution < -0.4 is 5.48 Å². The van der Waals surface area contributed by atoms with Gasteiger partial charge in [-0.1, -0.05) is 0 Å². The third-order valence-electron chi connectivity index (χ3n) is 3.60. The number of oxazole rings is 1. The van der Waals surface area contributed by atoms with Gasteiger partial charge in [0.25, 0.3) is 5.91 Å². The van der Waals surface area contributed by atoms with Crippen molar-refractivity contribution in [3.8, 4) is 0 Å². The fourth-order valence-corrected chi connectivity index (χ4v) is 2.20. The van der Waals surface area contributed by atoms with E-state index in [9.17, 15) is 4.79 Å². The maximum absolute atomic E-state index is 12.0. The topological polar surface area (TPSA) is 73.6 Å². The van der Waals surface area contributed by atoms with Gasteiger partial charge in [-0.3, -0.25) is 9.63 Å². The van der Waals surface area contributed by atoms with Gasteiger partial charge in [0, 0.05) is 12.5 Å². The summed E-state index contributed by atoms with van der Waals surface area (Å²) in [5.41, 5.74) is 1.97. The van der Waals surface area contributed by atoms with Crippen LogP contribution >= 0.6 is 0 Å². The van der Waals surface area contributed by atoms with E-state index in [1.165, 1.54) is 6.39 Å². The molecule has 2 fully saturated rings. The highest BCUT2D eigenvalue weighted by Crippen LogP contribution is 2.48. The molecule has 1 aliphatic carbocycles. The first kappa shape index (κ1) is 11.7. The number of rotatable bonds is 5. The number of nitrogens with one attached hydrogen (secondary N) is 1. The van der Waals surface area contributed by atoms with Gasteiger partial charge in [-0.25, -0.2) is 10.5 Å². The van der Waals surface area contributed by atoms with E-state index in [2.05, 4.69) is 10.5 Å². The predicted octanol–water partition coefficient (Wildman–Crippen LogP) is 0.790. The van der Waals surface area contributed by atoms with E-state index in [1.54, 1.807) is 6.20 Å². The molecule has 0 spiro atoms. The van der Waals surface area contributed by atoms with Gasteiger partial charge < -0.3 is 9.15 Å². The van der Waals surface area contributed by atoms with Crippen LogP contribution in [0.3, 0.4) is 0 Å². The predicted molar refractivity (Wildman–Crippen MR) is 60.4 cm³/mol. The maximum Gasteiger partial charge on any atom is 0.257 e. The molecule has 0 bridgehead atoms. The molecule has 3 rings (SSSR count). The van der Waals surface area contributed by atoms with Gasteiger partial charge in [0.15, 0.2) is 6.39 Å². The van der Waals surface area contributed by atoms with Crippen LogP contribution in [0.15, 0.2) is 17.0 Å². The van der Waals surface area contributed by atoms with E-state index in [1.807, 2.05) is 0 Å². The number of hydrogen-bond acceptors (Lipinski definition) is 5. The van der Waals surface area contributed by atoms with E-state index in [0.29, 0.717) is 24.9 Å². The molecule has 2 aliphatic rings. The summed E-state index contributed by atoms with van der Waals surface area (Å²) in [5.74, 6) is 0.858. The average molecular weight is 252 g/mol. The standard InChI is InChI=1S/C12H16N2O4/c15-11(14-18-7-9-1-4-16-6-9)12(2-3-12)10-5-13-8-17-10/h5,8-9H,1-4,6-7H2,(H,14,15). The average Bonchev–Trinajstić information content (AvgIpc) is 2.85. The smallest absolute Gasteiger partial charge is 0.257 e. The second-order valence-corrected chi connectivity index (χ2v) is 4.92. The van der Waals surface area contributed by atoms with Crippen molar-refractivity contribution in [3.63, 3.8) is 0 Å². The third-order valence-corrected chi connectivity index (χ3v) is 3.60. The molecule has 0 radical (unpaired) electrons. The Hall–Kier alpha value is -1.40. The van der Waals surface area contributed by atoms with Gasteiger partial charge in [0.1, 0.15) is 11.2 Å². The van der Waals surface area contributed by atoms with Crippen LogP contribution in [0.4, 0.5) is 0 Å². The molecule has 1 aromatic heterocycles. The Morgan fingerprint density at radius 2 is 2.50 bits per heavy atom. The lowest BCUT2D eigenvalue weighted by molar-refractivity contribution is -0.137. The molecule has 98 valence electrons. The number of hydrogen-bond donors (Lipinski definition) is 1. The summed E-state index contributed by atoms with van der Waals surface area (Å²) in [4.78, 5) is 21.2. The SMILES string of the molecule is O=C(NOCC1CCOC1)C1(c2cnco2)CC1. The van der Waals surface area contributed by atoms with Crippen LogP contribution in [0.5, 0.6) is 0 Å². The molecule has 1 N–H and O–H groups in total. The number of hydroxylamine groups is 1. The number of ether oxygens (including phenoxy) is 1. The Bertz CT molecular complexity index is 408. The molecule has 18 heavy (non-hydrogen) atoms. The Labute approximate surface area is 105 Å². The highest BCUT2D eigenvalue weighted by atomic mass is 16.7. The first-order valence-corrected chi connectivity index (χ1v) is 6.20. The van der Waals surface area contributed by atoms with Crippen molar-refractivity contribution in [1.82, 2.24) is 10.5 Å². The minimum Gasteiger partial charge on any atom is -0.447 e. The lowest BCUT2D eigenvalue weighted by Crippen LogP contribution is -2.35. The number of amides is 1. The van der Waals surface area contributed by atoms with Gasteiger partial charge in [-0.2, -0.15) is 0 Å². The number of nitrogens with zero attached hydrogens (tertiary/aromatic N) is 1. The molecule has 0 aromatic carbocycles. The van der Waals surface area contributed by atoms with Crippen molar-refractivity contribution in [2.45, 2.75) is 24.7 Å². The summed E-state index contributed by atoms with van der Waals surface area (Å²) >= 11 is 0. The maximum atomic E-state index is 12.0. The van der Waals surface area contributed by atoms with Gasteiger partial charge in [-0.05, 0) is 19.3 Å². The fraction of sp³-hybridized carbons (Fsp3) is 0.667. The van der Waals surface area contributed by atoms with Gasteiger partial charge in [-0.15, -0.1) is 0 Å². The van der Waals surface area contributed by atoms with E-state index < -0.39 is 5.41 Å². The summed E-state index contributed by atoms with van der Waals surface area (Å²) in [6.07, 6.45) is 5.49.